The van der Waals surface area contributed by atoms with E-state index in [0.29, 0.717) is 0 Å². The first-order chi connectivity index (χ1) is 6.13. The van der Waals surface area contributed by atoms with Crippen LogP contribution in [-0.4, -0.2) is 14.7 Å². The summed E-state index contributed by atoms with van der Waals surface area (Å²) in [5.41, 5.74) is 0.419. The van der Waals surface area contributed by atoms with Gasteiger partial charge in [0.2, 0.25) is 17.2 Å². The van der Waals surface area contributed by atoms with Gasteiger partial charge in [-0.3, -0.25) is 9.52 Å². The zero-order valence-electron chi connectivity index (χ0n) is 6.28. The van der Waals surface area contributed by atoms with Gasteiger partial charge in [-0.25, -0.2) is 8.42 Å². The van der Waals surface area contributed by atoms with Gasteiger partial charge in [-0.2, -0.15) is 0 Å². The van der Waals surface area contributed by atoms with Crippen LogP contribution < -0.4 is 4.72 Å². The average Bonchev–Trinajstić information content (AvgIpc) is 2.08. The van der Waals surface area contributed by atoms with Crippen LogP contribution in [0, 0.1) is 0 Å². The molecule has 1 rings (SSSR count). The van der Waals surface area contributed by atoms with E-state index in [-0.39, 0.29) is 16.3 Å². The van der Waals surface area contributed by atoms with Crippen LogP contribution in [0.1, 0.15) is 5.56 Å². The van der Waals surface area contributed by atoms with Gasteiger partial charge < -0.3 is 0 Å². The van der Waals surface area contributed by atoms with Crippen molar-refractivity contribution in [2.24, 2.45) is 0 Å². The Balaban J connectivity index is 3.10. The third-order valence-electron chi connectivity index (χ3n) is 1.30. The van der Waals surface area contributed by atoms with Gasteiger partial charge in [0.25, 0.3) is 0 Å². The second-order valence-corrected chi connectivity index (χ2v) is 3.31. The Kier molecular flexibility index (Phi) is 3.27. The summed E-state index contributed by atoms with van der Waals surface area (Å²) in [4.78, 5) is 10.2. The van der Waals surface area contributed by atoms with Gasteiger partial charge >= 0.3 is 0 Å². The molecule has 0 saturated heterocycles. The van der Waals surface area contributed by atoms with E-state index in [4.69, 9.17) is 11.6 Å². The molecule has 13 heavy (non-hydrogen) atoms. The highest BCUT2D eigenvalue weighted by Crippen LogP contribution is 2.21. The molecule has 0 atom stereocenters. The fraction of sp³-hybridized carbons (Fsp3) is 0. The van der Waals surface area contributed by atoms with Crippen molar-refractivity contribution in [2.75, 3.05) is 4.72 Å². The molecule has 0 aliphatic carbocycles. The number of thiol groups is 1. The molecule has 0 aliphatic rings. The summed E-state index contributed by atoms with van der Waals surface area (Å²) >= 11 is 5.64. The Bertz CT molecular complexity index is 395. The molecule has 1 N–H and O–H groups in total. The molecule has 1 radical (unpaired) electrons. The quantitative estimate of drug-likeness (QED) is 0.736. The predicted octanol–water partition coefficient (Wildman–Crippen LogP) is 0.736. The Morgan fingerprint density at radius 3 is 2.62 bits per heavy atom. The van der Waals surface area contributed by atoms with Crippen LogP contribution in [0.3, 0.4) is 0 Å². The molecule has 0 bridgehead atoms. The molecule has 0 spiro atoms. The molecule has 0 saturated carbocycles. The number of rotatable bonds is 3. The first kappa shape index (κ1) is 10.0. The highest BCUT2D eigenvalue weighted by atomic mass is 35.5. The molecule has 0 unspecified atom stereocenters. The topological polar surface area (TPSA) is 63.2 Å². The van der Waals surface area contributed by atoms with Crippen molar-refractivity contribution in [3.8, 4) is 0 Å². The molecule has 69 valence electrons. The minimum absolute atomic E-state index is 0.179. The highest BCUT2D eigenvalue weighted by Gasteiger charge is 2.01. The Morgan fingerprint density at radius 2 is 2.08 bits per heavy atom. The van der Waals surface area contributed by atoms with Gasteiger partial charge in [0.05, 0.1) is 10.7 Å². The zero-order chi connectivity index (χ0) is 9.84. The van der Waals surface area contributed by atoms with E-state index < -0.39 is 10.9 Å². The molecule has 4 nitrogen and oxygen atoms in total. The van der Waals surface area contributed by atoms with Gasteiger partial charge in [-0.1, -0.05) is 11.6 Å². The Labute approximate surface area is 81.6 Å². The van der Waals surface area contributed by atoms with E-state index >= 15 is 0 Å². The van der Waals surface area contributed by atoms with E-state index in [1.165, 1.54) is 18.2 Å². The van der Waals surface area contributed by atoms with Crippen molar-refractivity contribution in [2.45, 2.75) is 0 Å². The van der Waals surface area contributed by atoms with Crippen molar-refractivity contribution in [3.05, 3.63) is 28.8 Å². The van der Waals surface area contributed by atoms with Crippen LogP contribution in [0.4, 0.5) is 5.69 Å². The van der Waals surface area contributed by atoms with Crippen LogP contribution in [0.15, 0.2) is 18.2 Å². The lowest BCUT2D eigenvalue weighted by Crippen LogP contribution is -1.96. The van der Waals surface area contributed by atoms with Crippen molar-refractivity contribution in [1.29, 1.82) is 0 Å². The highest BCUT2D eigenvalue weighted by molar-refractivity contribution is 7.73. The van der Waals surface area contributed by atoms with Crippen LogP contribution >= 0.6 is 11.6 Å². The van der Waals surface area contributed by atoms with E-state index in [1.807, 2.05) is 0 Å². The first-order valence-electron chi connectivity index (χ1n) is 3.22. The predicted molar refractivity (Wildman–Crippen MR) is 50.2 cm³/mol. The number of halogens is 1. The molecule has 0 amide bonds. The molecule has 1 aromatic carbocycles. The summed E-state index contributed by atoms with van der Waals surface area (Å²) in [5.74, 6) is 0. The van der Waals surface area contributed by atoms with E-state index in [1.54, 1.807) is 6.29 Å². The second kappa shape index (κ2) is 4.25. The van der Waals surface area contributed by atoms with Crippen molar-refractivity contribution >= 4 is 34.5 Å². The maximum Gasteiger partial charge on any atom is 0.233 e. The van der Waals surface area contributed by atoms with E-state index in [0.717, 1.165) is 0 Å². The number of anilines is 1. The summed E-state index contributed by atoms with van der Waals surface area (Å²) in [6.07, 6.45) is 1.62. The van der Waals surface area contributed by atoms with Gasteiger partial charge in [-0.15, -0.1) is 0 Å². The molecular formula is C7H5ClNO3S. The van der Waals surface area contributed by atoms with E-state index in [2.05, 4.69) is 4.72 Å². The standard InChI is InChI=1S/C7H5ClNO3S/c8-6-2-1-5(4-10)3-7(6)9-13(11)12/h1-3,13H,(H,9,11,12). The summed E-state index contributed by atoms with van der Waals surface area (Å²) in [6, 6.07) is 4.17. The minimum atomic E-state index is -2.77. The second-order valence-electron chi connectivity index (χ2n) is 2.17. The van der Waals surface area contributed by atoms with Gasteiger partial charge in [0.15, 0.2) is 0 Å². The number of carbonyl (C=O) groups excluding carboxylic acids is 1. The van der Waals surface area contributed by atoms with Crippen molar-refractivity contribution < 1.29 is 13.2 Å². The van der Waals surface area contributed by atoms with Crippen molar-refractivity contribution in [1.82, 2.24) is 0 Å². The molecule has 0 aromatic heterocycles. The lowest BCUT2D eigenvalue weighted by atomic mass is 10.2. The molecule has 0 heterocycles. The summed E-state index contributed by atoms with van der Waals surface area (Å²) < 4.78 is 22.7. The van der Waals surface area contributed by atoms with Crippen LogP contribution in [0.25, 0.3) is 0 Å². The molecule has 0 fully saturated rings. The van der Waals surface area contributed by atoms with Gasteiger partial charge in [0, 0.05) is 5.56 Å². The molecule has 1 aromatic rings. The van der Waals surface area contributed by atoms with Crippen molar-refractivity contribution in [3.63, 3.8) is 0 Å². The van der Waals surface area contributed by atoms with E-state index in [9.17, 15) is 13.2 Å². The first-order valence-corrected chi connectivity index (χ1v) is 4.78. The monoisotopic (exact) mass is 218 g/mol. The van der Waals surface area contributed by atoms with Crippen LogP contribution in [0.5, 0.6) is 0 Å². The third kappa shape index (κ3) is 2.71. The molecular weight excluding hydrogens is 214 g/mol. The molecule has 0 aliphatic heterocycles. The summed E-state index contributed by atoms with van der Waals surface area (Å²) in [5, 5.41) is 0.234. The third-order valence-corrected chi connectivity index (χ3v) is 2.05. The average molecular weight is 219 g/mol. The summed E-state index contributed by atoms with van der Waals surface area (Å²) in [7, 11) is -2.77. The largest absolute Gasteiger partial charge is 0.285 e. The fourth-order valence-electron chi connectivity index (χ4n) is 0.773. The Hall–Kier alpha value is -1.07. The summed E-state index contributed by atoms with van der Waals surface area (Å²) in [6.45, 7) is 0. The number of hydrogen-bond donors (Lipinski definition) is 2. The zero-order valence-corrected chi connectivity index (χ0v) is 7.93. The minimum Gasteiger partial charge on any atom is -0.285 e. The van der Waals surface area contributed by atoms with Crippen LogP contribution in [-0.2, 0) is 15.7 Å². The lowest BCUT2D eigenvalue weighted by Gasteiger charge is -2.01. The maximum absolute atomic E-state index is 10.3. The maximum atomic E-state index is 10.3. The van der Waals surface area contributed by atoms with Gasteiger partial charge in [-0.05, 0) is 18.2 Å². The number of nitrogens with one attached hydrogen (secondary N) is 1. The lowest BCUT2D eigenvalue weighted by molar-refractivity contribution is 0.562. The number of hydrogen-bond acceptors (Lipinski definition) is 3. The SMILES string of the molecule is O=[C]c1ccc(Cl)c(N[SH](=O)=O)c1. The fourth-order valence-corrected chi connectivity index (χ4v) is 1.39. The molecule has 6 heteroatoms. The smallest absolute Gasteiger partial charge is 0.233 e. The van der Waals surface area contributed by atoms with Crippen LogP contribution in [0.2, 0.25) is 5.02 Å². The normalized spacial score (nSPS) is 10.0. The Morgan fingerprint density at radius 1 is 1.38 bits per heavy atom. The van der Waals surface area contributed by atoms with Gasteiger partial charge in [0.1, 0.15) is 0 Å². The number of benzene rings is 1.